The average molecular weight is 393 g/mol. The molecule has 8 nitrogen and oxygen atoms in total. The highest BCUT2D eigenvalue weighted by Gasteiger charge is 2.35. The Morgan fingerprint density at radius 2 is 2.24 bits per heavy atom. The zero-order valence-electron chi connectivity index (χ0n) is 16.2. The van der Waals surface area contributed by atoms with Gasteiger partial charge in [0.05, 0.1) is 42.2 Å². The summed E-state index contributed by atoms with van der Waals surface area (Å²) in [6.07, 6.45) is 5.55. The monoisotopic (exact) mass is 393 g/mol. The number of aromatic nitrogens is 3. The van der Waals surface area contributed by atoms with Crippen LogP contribution in [0, 0.1) is 5.92 Å². The molecule has 150 valence electrons. The van der Waals surface area contributed by atoms with Crippen LogP contribution in [0.3, 0.4) is 0 Å². The van der Waals surface area contributed by atoms with E-state index in [1.165, 1.54) is 0 Å². The maximum absolute atomic E-state index is 11.9. The standard InChI is InChI=1S/C21H23N5O3/c1-28-18-7-6-14(11-23-18)26-16-3-2-8-29-17-10-13(9-15(25-26)19(16)17)24-20(21(22)27)12-4-5-12/h6-7,9-12,20,24H,2-5,8H2,1H3,(H2,22,27). The zero-order chi connectivity index (χ0) is 20.0. The van der Waals surface area contributed by atoms with Crippen molar-refractivity contribution < 1.29 is 14.3 Å². The first-order chi connectivity index (χ1) is 14.1. The molecule has 0 radical (unpaired) electrons. The number of carbonyl (C=O) groups excluding carboxylic acids is 1. The van der Waals surface area contributed by atoms with E-state index >= 15 is 0 Å². The van der Waals surface area contributed by atoms with Crippen molar-refractivity contribution in [3.63, 3.8) is 0 Å². The lowest BCUT2D eigenvalue weighted by Crippen LogP contribution is -2.37. The molecule has 1 amide bonds. The Kier molecular flexibility index (Phi) is 4.26. The van der Waals surface area contributed by atoms with E-state index in [-0.39, 0.29) is 11.9 Å². The van der Waals surface area contributed by atoms with Crippen molar-refractivity contribution in [2.75, 3.05) is 19.0 Å². The lowest BCUT2D eigenvalue weighted by atomic mass is 10.1. The summed E-state index contributed by atoms with van der Waals surface area (Å²) in [5, 5.41) is 9.13. The largest absolute Gasteiger partial charge is 0.493 e. The number of benzene rings is 1. The molecular formula is C21H23N5O3. The number of amides is 1. The Morgan fingerprint density at radius 3 is 2.93 bits per heavy atom. The van der Waals surface area contributed by atoms with Crippen molar-refractivity contribution in [2.24, 2.45) is 11.7 Å². The van der Waals surface area contributed by atoms with Crippen LogP contribution in [0.25, 0.3) is 16.6 Å². The smallest absolute Gasteiger partial charge is 0.240 e. The topological polar surface area (TPSA) is 104 Å². The summed E-state index contributed by atoms with van der Waals surface area (Å²) in [6.45, 7) is 0.635. The number of anilines is 1. The molecule has 3 heterocycles. The van der Waals surface area contributed by atoms with Crippen molar-refractivity contribution in [2.45, 2.75) is 31.7 Å². The van der Waals surface area contributed by atoms with Gasteiger partial charge in [-0.25, -0.2) is 9.67 Å². The number of aryl methyl sites for hydroxylation is 1. The first-order valence-corrected chi connectivity index (χ1v) is 9.89. The number of hydrogen-bond donors (Lipinski definition) is 2. The Bertz CT molecular complexity index is 1070. The Hall–Kier alpha value is -3.29. The molecule has 2 aliphatic rings. The zero-order valence-corrected chi connectivity index (χ0v) is 16.2. The molecular weight excluding hydrogens is 370 g/mol. The van der Waals surface area contributed by atoms with Crippen LogP contribution in [0.2, 0.25) is 0 Å². The minimum Gasteiger partial charge on any atom is -0.493 e. The summed E-state index contributed by atoms with van der Waals surface area (Å²) < 4.78 is 13.1. The molecule has 2 aromatic heterocycles. The maximum atomic E-state index is 11.9. The number of ether oxygens (including phenoxy) is 2. The predicted molar refractivity (Wildman–Crippen MR) is 109 cm³/mol. The minimum atomic E-state index is -0.363. The number of carbonyl (C=O) groups is 1. The second-order valence-electron chi connectivity index (χ2n) is 7.60. The quantitative estimate of drug-likeness (QED) is 0.667. The number of primary amides is 1. The van der Waals surface area contributed by atoms with E-state index < -0.39 is 0 Å². The summed E-state index contributed by atoms with van der Waals surface area (Å²) >= 11 is 0. The summed E-state index contributed by atoms with van der Waals surface area (Å²) in [6, 6.07) is 7.31. The molecule has 0 saturated heterocycles. The lowest BCUT2D eigenvalue weighted by molar-refractivity contribution is -0.119. The Morgan fingerprint density at radius 1 is 1.38 bits per heavy atom. The molecule has 1 aliphatic heterocycles. The molecule has 3 N–H and O–H groups in total. The number of nitrogens with one attached hydrogen (secondary N) is 1. The Labute approximate surface area is 168 Å². The van der Waals surface area contributed by atoms with Gasteiger partial charge >= 0.3 is 0 Å². The van der Waals surface area contributed by atoms with Crippen LogP contribution >= 0.6 is 0 Å². The van der Waals surface area contributed by atoms with Gasteiger partial charge in [-0.05, 0) is 43.7 Å². The van der Waals surface area contributed by atoms with Gasteiger partial charge in [-0.1, -0.05) is 0 Å². The van der Waals surface area contributed by atoms with Gasteiger partial charge in [-0.2, -0.15) is 5.10 Å². The SMILES string of the molecule is COc1ccc(-n2nc3cc(NC(C(N)=O)C4CC4)cc4c3c2CCCO4)cn1. The van der Waals surface area contributed by atoms with Crippen LogP contribution < -0.4 is 20.5 Å². The van der Waals surface area contributed by atoms with Crippen molar-refractivity contribution in [1.82, 2.24) is 14.8 Å². The van der Waals surface area contributed by atoms with E-state index in [9.17, 15) is 4.79 Å². The van der Waals surface area contributed by atoms with Gasteiger partial charge in [0, 0.05) is 17.8 Å². The molecule has 1 unspecified atom stereocenters. The second-order valence-corrected chi connectivity index (χ2v) is 7.60. The van der Waals surface area contributed by atoms with E-state index in [4.69, 9.17) is 20.3 Å². The second kappa shape index (κ2) is 6.95. The molecule has 5 rings (SSSR count). The van der Waals surface area contributed by atoms with E-state index in [0.717, 1.165) is 59.4 Å². The highest BCUT2D eigenvalue weighted by atomic mass is 16.5. The number of rotatable bonds is 6. The third-order valence-electron chi connectivity index (χ3n) is 5.55. The predicted octanol–water partition coefficient (Wildman–Crippen LogP) is 2.43. The van der Waals surface area contributed by atoms with Gasteiger partial charge in [-0.3, -0.25) is 4.79 Å². The van der Waals surface area contributed by atoms with Crippen LogP contribution in [0.1, 0.15) is 25.0 Å². The molecule has 29 heavy (non-hydrogen) atoms. The molecule has 1 aliphatic carbocycles. The van der Waals surface area contributed by atoms with Gasteiger partial charge in [0.15, 0.2) is 0 Å². The van der Waals surface area contributed by atoms with Crippen molar-refractivity contribution >= 4 is 22.5 Å². The maximum Gasteiger partial charge on any atom is 0.240 e. The highest BCUT2D eigenvalue weighted by molar-refractivity contribution is 5.93. The van der Waals surface area contributed by atoms with Gasteiger partial charge in [0.2, 0.25) is 11.8 Å². The van der Waals surface area contributed by atoms with E-state index in [1.807, 2.05) is 28.9 Å². The fourth-order valence-corrected chi connectivity index (χ4v) is 3.96. The van der Waals surface area contributed by atoms with Crippen LogP contribution in [0.5, 0.6) is 11.6 Å². The number of pyridine rings is 1. The van der Waals surface area contributed by atoms with E-state index in [0.29, 0.717) is 18.4 Å². The third kappa shape index (κ3) is 3.24. The van der Waals surface area contributed by atoms with Crippen molar-refractivity contribution in [1.29, 1.82) is 0 Å². The first-order valence-electron chi connectivity index (χ1n) is 9.89. The van der Waals surface area contributed by atoms with Gasteiger partial charge in [0.25, 0.3) is 0 Å². The van der Waals surface area contributed by atoms with E-state index in [1.54, 1.807) is 13.3 Å². The van der Waals surface area contributed by atoms with Crippen LogP contribution in [0.15, 0.2) is 30.5 Å². The minimum absolute atomic E-state index is 0.307. The van der Waals surface area contributed by atoms with E-state index in [2.05, 4.69) is 10.3 Å². The van der Waals surface area contributed by atoms with Crippen LogP contribution in [-0.2, 0) is 11.2 Å². The molecule has 1 fully saturated rings. The van der Waals surface area contributed by atoms with Crippen LogP contribution in [-0.4, -0.2) is 40.4 Å². The van der Waals surface area contributed by atoms with Crippen LogP contribution in [0.4, 0.5) is 5.69 Å². The molecule has 1 aromatic carbocycles. The van der Waals surface area contributed by atoms with Crippen molar-refractivity contribution in [3.8, 4) is 17.3 Å². The third-order valence-corrected chi connectivity index (χ3v) is 5.55. The number of methoxy groups -OCH3 is 1. The molecule has 3 aromatic rings. The average Bonchev–Trinajstić information content (AvgIpc) is 3.52. The first kappa shape index (κ1) is 17.8. The number of hydrogen-bond acceptors (Lipinski definition) is 6. The van der Waals surface area contributed by atoms with Gasteiger partial charge in [0.1, 0.15) is 11.8 Å². The van der Waals surface area contributed by atoms with Gasteiger partial charge < -0.3 is 20.5 Å². The normalized spacial score (nSPS) is 16.7. The molecule has 1 saturated carbocycles. The molecule has 0 spiro atoms. The molecule has 0 bridgehead atoms. The number of nitrogens with two attached hydrogens (primary N) is 1. The molecule has 8 heteroatoms. The highest BCUT2D eigenvalue weighted by Crippen LogP contribution is 2.38. The Balaban J connectivity index is 1.59. The molecule has 1 atom stereocenters. The summed E-state index contributed by atoms with van der Waals surface area (Å²) in [5.41, 5.74) is 9.18. The summed E-state index contributed by atoms with van der Waals surface area (Å²) in [7, 11) is 1.59. The fourth-order valence-electron chi connectivity index (χ4n) is 3.96. The van der Waals surface area contributed by atoms with Gasteiger partial charge in [-0.15, -0.1) is 0 Å². The number of nitrogens with zero attached hydrogens (tertiary/aromatic N) is 3. The lowest BCUT2D eigenvalue weighted by Gasteiger charge is -2.17. The summed E-state index contributed by atoms with van der Waals surface area (Å²) in [5.74, 6) is 1.32. The summed E-state index contributed by atoms with van der Waals surface area (Å²) in [4.78, 5) is 16.2. The van der Waals surface area contributed by atoms with Crippen molar-refractivity contribution in [3.05, 3.63) is 36.2 Å². The fraction of sp³-hybridized carbons (Fsp3) is 0.381.